The second kappa shape index (κ2) is 4.56. The molecule has 0 heterocycles. The summed E-state index contributed by atoms with van der Waals surface area (Å²) in [7, 11) is -2.30. The monoisotopic (exact) mass is 231 g/mol. The Labute approximate surface area is 95.4 Å². The zero-order chi connectivity index (χ0) is 11.5. The van der Waals surface area contributed by atoms with Crippen LogP contribution in [-0.4, -0.2) is 4.89 Å². The van der Waals surface area contributed by atoms with E-state index in [9.17, 15) is 9.46 Å². The molecule has 0 amide bonds. The Hall–Kier alpha value is -1.50. The van der Waals surface area contributed by atoms with E-state index in [0.29, 0.717) is 5.30 Å². The molecule has 0 fully saturated rings. The Bertz CT molecular complexity index is 535. The Kier molecular flexibility index (Phi) is 3.14. The average molecular weight is 231 g/mol. The van der Waals surface area contributed by atoms with Crippen molar-refractivity contribution >= 4 is 13.3 Å². The molecule has 2 aromatic carbocycles. The van der Waals surface area contributed by atoms with E-state index in [1.165, 1.54) is 0 Å². The Morgan fingerprint density at radius 3 is 2.12 bits per heavy atom. The van der Waals surface area contributed by atoms with Crippen LogP contribution in [0.2, 0.25) is 0 Å². The van der Waals surface area contributed by atoms with Gasteiger partial charge in [0, 0.05) is 5.56 Å². The second-order valence-corrected chi connectivity index (χ2v) is 4.63. The van der Waals surface area contributed by atoms with Gasteiger partial charge in [-0.2, -0.15) is 4.89 Å². The molecule has 0 aliphatic carbocycles. The van der Waals surface area contributed by atoms with Crippen molar-refractivity contribution in [2.45, 2.75) is 6.92 Å². The van der Waals surface area contributed by atoms with E-state index < -0.39 is 8.03 Å². The summed E-state index contributed by atoms with van der Waals surface area (Å²) in [6.07, 6.45) is 0. The van der Waals surface area contributed by atoms with Crippen molar-refractivity contribution in [3.8, 4) is 11.1 Å². The molecule has 1 atom stereocenters. The highest BCUT2D eigenvalue weighted by molar-refractivity contribution is 7.47. The maximum Gasteiger partial charge on any atom is 0.546 e. The lowest BCUT2D eigenvalue weighted by Gasteiger charge is -2.04. The van der Waals surface area contributed by atoms with Crippen molar-refractivity contribution in [2.24, 2.45) is 0 Å². The van der Waals surface area contributed by atoms with Crippen molar-refractivity contribution < 1.29 is 9.46 Å². The van der Waals surface area contributed by atoms with Crippen LogP contribution in [0.25, 0.3) is 11.1 Å². The molecule has 1 unspecified atom stereocenters. The van der Waals surface area contributed by atoms with Gasteiger partial charge in [0.05, 0.1) is 0 Å². The zero-order valence-electron chi connectivity index (χ0n) is 8.92. The third-order valence-corrected chi connectivity index (χ3v) is 3.35. The van der Waals surface area contributed by atoms with E-state index in [2.05, 4.69) is 0 Å². The van der Waals surface area contributed by atoms with E-state index in [1.54, 1.807) is 12.1 Å². The van der Waals surface area contributed by atoms with Crippen molar-refractivity contribution in [1.29, 1.82) is 0 Å². The first kappa shape index (κ1) is 11.0. The molecule has 0 saturated heterocycles. The molecule has 2 rings (SSSR count). The molecule has 1 N–H and O–H groups in total. The van der Waals surface area contributed by atoms with Gasteiger partial charge in [-0.25, -0.2) is 0 Å². The Morgan fingerprint density at radius 1 is 0.938 bits per heavy atom. The molecule has 0 aliphatic rings. The Balaban J connectivity index is 2.65. The van der Waals surface area contributed by atoms with Crippen LogP contribution in [0.3, 0.4) is 0 Å². The second-order valence-electron chi connectivity index (χ2n) is 3.61. The van der Waals surface area contributed by atoms with Crippen LogP contribution >= 0.6 is 8.03 Å². The number of hydrogen-bond acceptors (Lipinski definition) is 1. The SMILES string of the molecule is Cc1ccccc1-c1ccccc1[P+](=O)O. The third-order valence-electron chi connectivity index (χ3n) is 2.55. The summed E-state index contributed by atoms with van der Waals surface area (Å²) in [4.78, 5) is 9.27. The van der Waals surface area contributed by atoms with Gasteiger partial charge in [-0.05, 0) is 34.7 Å². The summed E-state index contributed by atoms with van der Waals surface area (Å²) in [5.74, 6) is 0. The predicted molar refractivity (Wildman–Crippen MR) is 66.1 cm³/mol. The molecule has 0 spiro atoms. The van der Waals surface area contributed by atoms with Crippen LogP contribution in [0.1, 0.15) is 5.56 Å². The van der Waals surface area contributed by atoms with Gasteiger partial charge in [-0.15, -0.1) is 0 Å². The molecule has 2 nitrogen and oxygen atoms in total. The van der Waals surface area contributed by atoms with Gasteiger partial charge >= 0.3 is 8.03 Å². The first-order chi connectivity index (χ1) is 7.70. The van der Waals surface area contributed by atoms with Crippen LogP contribution < -0.4 is 5.30 Å². The molecule has 2 aromatic rings. The lowest BCUT2D eigenvalue weighted by molar-refractivity contribution is 0.513. The van der Waals surface area contributed by atoms with E-state index in [4.69, 9.17) is 0 Å². The van der Waals surface area contributed by atoms with Gasteiger partial charge in [0.15, 0.2) is 0 Å². The predicted octanol–water partition coefficient (Wildman–Crippen LogP) is 3.02. The van der Waals surface area contributed by atoms with E-state index in [0.717, 1.165) is 16.7 Å². The fourth-order valence-electron chi connectivity index (χ4n) is 1.74. The lowest BCUT2D eigenvalue weighted by atomic mass is 10.0. The largest absolute Gasteiger partial charge is 0.546 e. The molecule has 3 heteroatoms. The minimum absolute atomic E-state index is 0.492. The van der Waals surface area contributed by atoms with Gasteiger partial charge in [0.25, 0.3) is 0 Å². The summed E-state index contributed by atoms with van der Waals surface area (Å²) >= 11 is 0. The van der Waals surface area contributed by atoms with Crippen molar-refractivity contribution in [3.63, 3.8) is 0 Å². The normalized spacial score (nSPS) is 11.2. The van der Waals surface area contributed by atoms with E-state index >= 15 is 0 Å². The van der Waals surface area contributed by atoms with Crippen LogP contribution in [0, 0.1) is 6.92 Å². The third kappa shape index (κ3) is 2.04. The fourth-order valence-corrected chi connectivity index (χ4v) is 2.36. The molecular weight excluding hydrogens is 219 g/mol. The van der Waals surface area contributed by atoms with E-state index in [1.807, 2.05) is 43.3 Å². The summed E-state index contributed by atoms with van der Waals surface area (Å²) < 4.78 is 11.3. The summed E-state index contributed by atoms with van der Waals surface area (Å²) in [6.45, 7) is 2.00. The van der Waals surface area contributed by atoms with Gasteiger partial charge in [-0.3, -0.25) is 0 Å². The van der Waals surface area contributed by atoms with Crippen LogP contribution in [-0.2, 0) is 4.57 Å². The molecule has 0 saturated carbocycles. The van der Waals surface area contributed by atoms with Crippen molar-refractivity contribution in [3.05, 3.63) is 54.1 Å². The topological polar surface area (TPSA) is 37.3 Å². The average Bonchev–Trinajstić information content (AvgIpc) is 2.29. The lowest BCUT2D eigenvalue weighted by Crippen LogP contribution is -2.01. The molecule has 80 valence electrons. The molecular formula is C13H12O2P+. The first-order valence-electron chi connectivity index (χ1n) is 5.01. The summed E-state index contributed by atoms with van der Waals surface area (Å²) in [5.41, 5.74) is 2.95. The fraction of sp³-hybridized carbons (Fsp3) is 0.0769. The highest BCUT2D eigenvalue weighted by atomic mass is 31.1. The zero-order valence-corrected chi connectivity index (χ0v) is 9.82. The van der Waals surface area contributed by atoms with Gasteiger partial charge in [0.1, 0.15) is 0 Å². The van der Waals surface area contributed by atoms with Crippen molar-refractivity contribution in [1.82, 2.24) is 0 Å². The Morgan fingerprint density at radius 2 is 1.50 bits per heavy atom. The highest BCUT2D eigenvalue weighted by Crippen LogP contribution is 2.27. The minimum Gasteiger partial charge on any atom is -0.156 e. The first-order valence-corrected chi connectivity index (χ1v) is 6.22. The summed E-state index contributed by atoms with van der Waals surface area (Å²) in [6, 6.07) is 15.1. The minimum atomic E-state index is -2.30. The number of rotatable bonds is 2. The highest BCUT2D eigenvalue weighted by Gasteiger charge is 2.22. The van der Waals surface area contributed by atoms with Crippen LogP contribution in [0.5, 0.6) is 0 Å². The van der Waals surface area contributed by atoms with Crippen LogP contribution in [0.4, 0.5) is 0 Å². The maximum atomic E-state index is 11.3. The maximum absolute atomic E-state index is 11.3. The van der Waals surface area contributed by atoms with E-state index in [-0.39, 0.29) is 0 Å². The van der Waals surface area contributed by atoms with Crippen molar-refractivity contribution in [2.75, 3.05) is 0 Å². The standard InChI is InChI=1S/C13H11O2P/c1-10-6-2-3-7-11(10)12-8-4-5-9-13(12)16(14)15/h2-9H,1H3/p+1. The van der Waals surface area contributed by atoms with Gasteiger partial charge in [-0.1, -0.05) is 36.4 Å². The number of aryl methyl sites for hydroxylation is 1. The van der Waals surface area contributed by atoms with Crippen LogP contribution in [0.15, 0.2) is 48.5 Å². The van der Waals surface area contributed by atoms with Gasteiger partial charge < -0.3 is 0 Å². The molecule has 0 radical (unpaired) electrons. The molecule has 0 aromatic heterocycles. The quantitative estimate of drug-likeness (QED) is 0.806. The number of benzene rings is 2. The molecule has 0 bridgehead atoms. The molecule has 0 aliphatic heterocycles. The molecule has 16 heavy (non-hydrogen) atoms. The number of hydrogen-bond donors (Lipinski definition) is 1. The summed E-state index contributed by atoms with van der Waals surface area (Å²) in [5, 5.41) is 0.492. The smallest absolute Gasteiger partial charge is 0.156 e. The van der Waals surface area contributed by atoms with Gasteiger partial charge in [0.2, 0.25) is 5.30 Å².